The molecule has 0 aliphatic heterocycles. The molecule has 1 rings (SSSR count). The number of primary amides is 1. The minimum absolute atomic E-state index is 0.0338. The molecule has 2 N–H and O–H groups in total. The largest absolute Gasteiger partial charge is 0.416 e. The Labute approximate surface area is 114 Å². The molecule has 0 aliphatic rings. The van der Waals surface area contributed by atoms with Crippen LogP contribution in [0, 0.1) is 0 Å². The lowest BCUT2D eigenvalue weighted by Crippen LogP contribution is -2.35. The summed E-state index contributed by atoms with van der Waals surface area (Å²) in [5.41, 5.74) is 3.94. The number of rotatable bonds is 5. The van der Waals surface area contributed by atoms with Crippen molar-refractivity contribution in [1.82, 2.24) is 0 Å². The maximum atomic E-state index is 12.6. The number of carbonyl (C=O) groups excluding carboxylic acids is 1. The molecule has 0 fully saturated rings. The van der Waals surface area contributed by atoms with Gasteiger partial charge >= 0.3 is 6.18 Å². The molecular formula is C12H14F3NO3S. The summed E-state index contributed by atoms with van der Waals surface area (Å²) >= 11 is 0. The molecule has 0 saturated carbocycles. The number of halogens is 3. The molecule has 0 radical (unpaired) electrons. The second-order valence-corrected chi connectivity index (χ2v) is 6.38. The van der Waals surface area contributed by atoms with E-state index in [-0.39, 0.29) is 6.42 Å². The van der Waals surface area contributed by atoms with E-state index in [1.165, 1.54) is 0 Å². The Hall–Kier alpha value is -1.57. The standard InChI is InChI=1S/C12H14F3NO3S/c1-2-4-10(11(16)17)20(18,19)9-6-3-5-8(7-9)12(13,14)15/h3,5-7,10H,2,4H2,1H3,(H2,16,17). The first kappa shape index (κ1) is 16.5. The third-order valence-electron chi connectivity index (χ3n) is 2.73. The van der Waals surface area contributed by atoms with Gasteiger partial charge < -0.3 is 5.73 Å². The number of sulfone groups is 1. The molecule has 1 aromatic rings. The summed E-state index contributed by atoms with van der Waals surface area (Å²) in [6, 6.07) is 3.29. The zero-order valence-corrected chi connectivity index (χ0v) is 11.5. The van der Waals surface area contributed by atoms with Gasteiger partial charge in [0.1, 0.15) is 5.25 Å². The number of amides is 1. The van der Waals surface area contributed by atoms with E-state index in [1.807, 2.05) is 0 Å². The Balaban J connectivity index is 3.31. The van der Waals surface area contributed by atoms with Crippen LogP contribution in [0.15, 0.2) is 29.2 Å². The fraction of sp³-hybridized carbons (Fsp3) is 0.417. The molecular weight excluding hydrogens is 295 g/mol. The van der Waals surface area contributed by atoms with Crippen molar-refractivity contribution in [2.75, 3.05) is 0 Å². The highest BCUT2D eigenvalue weighted by Gasteiger charge is 2.35. The van der Waals surface area contributed by atoms with E-state index >= 15 is 0 Å². The number of hydrogen-bond acceptors (Lipinski definition) is 3. The Morgan fingerprint density at radius 3 is 2.40 bits per heavy atom. The van der Waals surface area contributed by atoms with Gasteiger partial charge in [0.25, 0.3) is 0 Å². The van der Waals surface area contributed by atoms with Crippen LogP contribution in [0.1, 0.15) is 25.3 Å². The SMILES string of the molecule is CCCC(C(N)=O)S(=O)(=O)c1cccc(C(F)(F)F)c1. The van der Waals surface area contributed by atoms with E-state index in [2.05, 4.69) is 0 Å². The van der Waals surface area contributed by atoms with Crippen LogP contribution in [-0.4, -0.2) is 19.6 Å². The topological polar surface area (TPSA) is 77.2 Å². The molecule has 1 aromatic carbocycles. The second-order valence-electron chi connectivity index (χ2n) is 4.25. The van der Waals surface area contributed by atoms with E-state index in [9.17, 15) is 26.4 Å². The summed E-state index contributed by atoms with van der Waals surface area (Å²) in [7, 11) is -4.22. The van der Waals surface area contributed by atoms with E-state index < -0.39 is 37.6 Å². The van der Waals surface area contributed by atoms with Crippen molar-refractivity contribution in [2.45, 2.75) is 36.1 Å². The van der Waals surface area contributed by atoms with Gasteiger partial charge in [0.05, 0.1) is 10.5 Å². The predicted molar refractivity (Wildman–Crippen MR) is 66.5 cm³/mol. The first-order chi connectivity index (χ1) is 9.10. The predicted octanol–water partition coefficient (Wildman–Crippen LogP) is 2.13. The van der Waals surface area contributed by atoms with E-state index in [1.54, 1.807) is 6.92 Å². The number of alkyl halides is 3. The number of nitrogens with two attached hydrogens (primary N) is 1. The van der Waals surface area contributed by atoms with Gasteiger partial charge in [0.15, 0.2) is 9.84 Å². The van der Waals surface area contributed by atoms with Crippen molar-refractivity contribution in [3.63, 3.8) is 0 Å². The van der Waals surface area contributed by atoms with Gasteiger partial charge in [-0.15, -0.1) is 0 Å². The zero-order valence-electron chi connectivity index (χ0n) is 10.6. The van der Waals surface area contributed by atoms with Crippen LogP contribution in [0.4, 0.5) is 13.2 Å². The van der Waals surface area contributed by atoms with Crippen molar-refractivity contribution in [3.8, 4) is 0 Å². The van der Waals surface area contributed by atoms with Gasteiger partial charge in [-0.3, -0.25) is 4.79 Å². The van der Waals surface area contributed by atoms with Crippen LogP contribution in [-0.2, 0) is 20.8 Å². The van der Waals surface area contributed by atoms with Crippen molar-refractivity contribution in [1.29, 1.82) is 0 Å². The van der Waals surface area contributed by atoms with Gasteiger partial charge in [0.2, 0.25) is 5.91 Å². The summed E-state index contributed by atoms with van der Waals surface area (Å²) in [6.45, 7) is 1.65. The summed E-state index contributed by atoms with van der Waals surface area (Å²) in [5.74, 6) is -1.07. The van der Waals surface area contributed by atoms with Crippen LogP contribution < -0.4 is 5.73 Å². The van der Waals surface area contributed by atoms with Crippen LogP contribution >= 0.6 is 0 Å². The van der Waals surface area contributed by atoms with E-state index in [0.29, 0.717) is 12.5 Å². The van der Waals surface area contributed by atoms with Gasteiger partial charge in [-0.1, -0.05) is 19.4 Å². The third kappa shape index (κ3) is 3.50. The number of carbonyl (C=O) groups is 1. The monoisotopic (exact) mass is 309 g/mol. The molecule has 0 aliphatic carbocycles. The number of benzene rings is 1. The molecule has 0 aromatic heterocycles. The lowest BCUT2D eigenvalue weighted by Gasteiger charge is -2.15. The highest BCUT2D eigenvalue weighted by Crippen LogP contribution is 2.31. The Morgan fingerprint density at radius 2 is 1.95 bits per heavy atom. The van der Waals surface area contributed by atoms with Gasteiger partial charge in [-0.25, -0.2) is 8.42 Å². The average molecular weight is 309 g/mol. The van der Waals surface area contributed by atoms with Gasteiger partial charge in [-0.2, -0.15) is 13.2 Å². The first-order valence-electron chi connectivity index (χ1n) is 5.81. The van der Waals surface area contributed by atoms with Crippen molar-refractivity contribution in [2.24, 2.45) is 5.73 Å². The molecule has 1 atom stereocenters. The van der Waals surface area contributed by atoms with Crippen LogP contribution in [0.2, 0.25) is 0 Å². The Kier molecular flexibility index (Phi) is 4.80. The molecule has 20 heavy (non-hydrogen) atoms. The van der Waals surface area contributed by atoms with Crippen molar-refractivity contribution >= 4 is 15.7 Å². The highest BCUT2D eigenvalue weighted by atomic mass is 32.2. The summed E-state index contributed by atoms with van der Waals surface area (Å²) in [5, 5.41) is -1.52. The lowest BCUT2D eigenvalue weighted by atomic mass is 10.2. The Morgan fingerprint density at radius 1 is 1.35 bits per heavy atom. The van der Waals surface area contributed by atoms with Gasteiger partial charge in [-0.05, 0) is 24.6 Å². The molecule has 0 heterocycles. The minimum atomic E-state index is -4.65. The maximum absolute atomic E-state index is 12.6. The molecule has 0 bridgehead atoms. The lowest BCUT2D eigenvalue weighted by molar-refractivity contribution is -0.137. The molecule has 1 amide bonds. The molecule has 0 saturated heterocycles. The first-order valence-corrected chi connectivity index (χ1v) is 7.35. The average Bonchev–Trinajstić information content (AvgIpc) is 2.34. The molecule has 4 nitrogen and oxygen atoms in total. The molecule has 112 valence electrons. The summed E-state index contributed by atoms with van der Waals surface area (Å²) in [6.07, 6.45) is -4.32. The Bertz CT molecular complexity index is 596. The maximum Gasteiger partial charge on any atom is 0.416 e. The summed E-state index contributed by atoms with van der Waals surface area (Å²) in [4.78, 5) is 10.7. The van der Waals surface area contributed by atoms with Gasteiger partial charge in [0, 0.05) is 0 Å². The molecule has 0 spiro atoms. The van der Waals surface area contributed by atoms with Crippen molar-refractivity contribution < 1.29 is 26.4 Å². The van der Waals surface area contributed by atoms with Crippen LogP contribution in [0.5, 0.6) is 0 Å². The van der Waals surface area contributed by atoms with E-state index in [4.69, 9.17) is 5.73 Å². The quantitative estimate of drug-likeness (QED) is 0.905. The minimum Gasteiger partial charge on any atom is -0.369 e. The second kappa shape index (κ2) is 5.82. The highest BCUT2D eigenvalue weighted by molar-refractivity contribution is 7.92. The molecule has 8 heteroatoms. The third-order valence-corrected chi connectivity index (χ3v) is 4.86. The molecule has 1 unspecified atom stereocenters. The van der Waals surface area contributed by atoms with Crippen molar-refractivity contribution in [3.05, 3.63) is 29.8 Å². The number of hydrogen-bond donors (Lipinski definition) is 1. The normalized spacial score (nSPS) is 14.0. The van der Waals surface area contributed by atoms with Crippen LogP contribution in [0.3, 0.4) is 0 Å². The van der Waals surface area contributed by atoms with E-state index in [0.717, 1.165) is 18.2 Å². The fourth-order valence-electron chi connectivity index (χ4n) is 1.73. The van der Waals surface area contributed by atoms with Crippen LogP contribution in [0.25, 0.3) is 0 Å². The fourth-order valence-corrected chi connectivity index (χ4v) is 3.47. The smallest absolute Gasteiger partial charge is 0.369 e. The summed E-state index contributed by atoms with van der Waals surface area (Å²) < 4.78 is 62.1. The zero-order chi connectivity index (χ0) is 15.6.